The summed E-state index contributed by atoms with van der Waals surface area (Å²) >= 11 is 0. The van der Waals surface area contributed by atoms with Crippen molar-refractivity contribution in [2.24, 2.45) is 17.6 Å². The van der Waals surface area contributed by atoms with Gasteiger partial charge in [-0.1, -0.05) is 25.0 Å². The second-order valence-electron chi connectivity index (χ2n) is 7.91. The van der Waals surface area contributed by atoms with Gasteiger partial charge in [-0.15, -0.1) is 0 Å². The van der Waals surface area contributed by atoms with E-state index in [0.29, 0.717) is 5.92 Å². The number of benzene rings is 1. The van der Waals surface area contributed by atoms with Crippen LogP contribution in [-0.4, -0.2) is 29.4 Å². The van der Waals surface area contributed by atoms with Crippen molar-refractivity contribution in [1.82, 2.24) is 4.90 Å². The molecule has 0 bridgehead atoms. The Morgan fingerprint density at radius 3 is 2.71 bits per heavy atom. The third kappa shape index (κ3) is 3.97. The summed E-state index contributed by atoms with van der Waals surface area (Å²) in [6, 6.07) is 6.87. The van der Waals surface area contributed by atoms with Gasteiger partial charge in [0.25, 0.3) is 0 Å². The maximum atomic E-state index is 13.3. The Morgan fingerprint density at radius 1 is 1.29 bits per heavy atom. The molecule has 1 aliphatic carbocycles. The van der Waals surface area contributed by atoms with E-state index < -0.39 is 0 Å². The van der Waals surface area contributed by atoms with E-state index in [-0.39, 0.29) is 23.2 Å². The summed E-state index contributed by atoms with van der Waals surface area (Å²) in [5, 5.41) is 0. The molecule has 3 nitrogen and oxygen atoms in total. The summed E-state index contributed by atoms with van der Waals surface area (Å²) in [7, 11) is 0. The molecule has 1 saturated heterocycles. The minimum Gasteiger partial charge on any atom is -0.342 e. The molecule has 1 aromatic rings. The second kappa shape index (κ2) is 7.22. The lowest BCUT2D eigenvalue weighted by Gasteiger charge is -2.41. The summed E-state index contributed by atoms with van der Waals surface area (Å²) in [6.45, 7) is 3.65. The molecule has 0 radical (unpaired) electrons. The zero-order valence-electron chi connectivity index (χ0n) is 14.6. The smallest absolute Gasteiger partial charge is 0.227 e. The number of rotatable bonds is 3. The minimum absolute atomic E-state index is 0.0222. The summed E-state index contributed by atoms with van der Waals surface area (Å²) in [5.41, 5.74) is 7.09. The third-order valence-electron chi connectivity index (χ3n) is 5.89. The predicted molar refractivity (Wildman–Crippen MR) is 94.0 cm³/mol. The average molecular weight is 332 g/mol. The van der Waals surface area contributed by atoms with Gasteiger partial charge in [-0.05, 0) is 62.6 Å². The van der Waals surface area contributed by atoms with Crippen LogP contribution in [0.2, 0.25) is 0 Å². The van der Waals surface area contributed by atoms with Crippen molar-refractivity contribution in [2.45, 2.75) is 57.4 Å². The van der Waals surface area contributed by atoms with E-state index in [4.69, 9.17) is 5.73 Å². The maximum Gasteiger partial charge on any atom is 0.227 e. The highest BCUT2D eigenvalue weighted by atomic mass is 19.1. The average Bonchev–Trinajstić information content (AvgIpc) is 2.55. The second-order valence-corrected chi connectivity index (χ2v) is 7.91. The standard InChI is InChI=1S/C20H29FN2O/c1-20(22)10-3-2-7-18(20)19(24)23-11-8-15(9-12-23)13-16-5-4-6-17(21)14-16/h4-6,14-15,18H,2-3,7-13,22H2,1H3. The van der Waals surface area contributed by atoms with Crippen LogP contribution in [0.3, 0.4) is 0 Å². The Hall–Kier alpha value is -1.42. The SMILES string of the molecule is CC1(N)CCCCC1C(=O)N1CCC(Cc2cccc(F)c2)CC1. The number of piperidine rings is 1. The fourth-order valence-corrected chi connectivity index (χ4v) is 4.34. The molecule has 1 aliphatic heterocycles. The lowest BCUT2D eigenvalue weighted by atomic mass is 9.73. The minimum atomic E-state index is -0.353. The molecular weight excluding hydrogens is 303 g/mol. The predicted octanol–water partition coefficient (Wildman–Crippen LogP) is 3.51. The van der Waals surface area contributed by atoms with Crippen LogP contribution in [0, 0.1) is 17.7 Å². The number of carbonyl (C=O) groups is 1. The maximum absolute atomic E-state index is 13.3. The highest BCUT2D eigenvalue weighted by Crippen LogP contribution is 2.34. The van der Waals surface area contributed by atoms with Crippen LogP contribution in [-0.2, 0) is 11.2 Å². The third-order valence-corrected chi connectivity index (χ3v) is 5.89. The van der Waals surface area contributed by atoms with Gasteiger partial charge in [0.05, 0.1) is 5.92 Å². The zero-order valence-corrected chi connectivity index (χ0v) is 14.6. The molecule has 2 N–H and O–H groups in total. The van der Waals surface area contributed by atoms with E-state index in [9.17, 15) is 9.18 Å². The first kappa shape index (κ1) is 17.4. The Balaban J connectivity index is 1.54. The number of hydrogen-bond acceptors (Lipinski definition) is 2. The molecule has 2 aliphatic rings. The van der Waals surface area contributed by atoms with Crippen molar-refractivity contribution >= 4 is 5.91 Å². The number of carbonyl (C=O) groups excluding carboxylic acids is 1. The zero-order chi connectivity index (χ0) is 17.2. The van der Waals surface area contributed by atoms with Gasteiger partial charge in [0.2, 0.25) is 5.91 Å². The summed E-state index contributed by atoms with van der Waals surface area (Å²) in [6.07, 6.45) is 7.00. The number of nitrogens with zero attached hydrogens (tertiary/aromatic N) is 1. The van der Waals surface area contributed by atoms with Crippen LogP contribution in [0.1, 0.15) is 51.0 Å². The quantitative estimate of drug-likeness (QED) is 0.920. The number of halogens is 1. The van der Waals surface area contributed by atoms with E-state index in [1.165, 1.54) is 6.07 Å². The van der Waals surface area contributed by atoms with Gasteiger partial charge >= 0.3 is 0 Å². The summed E-state index contributed by atoms with van der Waals surface area (Å²) in [5.74, 6) is 0.598. The first-order valence-electron chi connectivity index (χ1n) is 9.28. The van der Waals surface area contributed by atoms with Gasteiger partial charge in [-0.3, -0.25) is 4.79 Å². The van der Waals surface area contributed by atoms with E-state index in [1.54, 1.807) is 12.1 Å². The van der Waals surface area contributed by atoms with E-state index in [2.05, 4.69) is 0 Å². The van der Waals surface area contributed by atoms with Crippen molar-refractivity contribution < 1.29 is 9.18 Å². The summed E-state index contributed by atoms with van der Waals surface area (Å²) in [4.78, 5) is 14.9. The highest BCUT2D eigenvalue weighted by molar-refractivity contribution is 5.80. The van der Waals surface area contributed by atoms with Gasteiger partial charge in [-0.2, -0.15) is 0 Å². The Kier molecular flexibility index (Phi) is 5.24. The molecule has 1 saturated carbocycles. The molecule has 0 spiro atoms. The lowest BCUT2D eigenvalue weighted by molar-refractivity contribution is -0.140. The van der Waals surface area contributed by atoms with Crippen molar-refractivity contribution in [3.05, 3.63) is 35.6 Å². The molecule has 1 amide bonds. The number of likely N-dealkylation sites (tertiary alicyclic amines) is 1. The van der Waals surface area contributed by atoms with E-state index >= 15 is 0 Å². The number of hydrogen-bond donors (Lipinski definition) is 1. The van der Waals surface area contributed by atoms with Gasteiger partial charge < -0.3 is 10.6 Å². The summed E-state index contributed by atoms with van der Waals surface area (Å²) < 4.78 is 13.3. The normalized spacial score (nSPS) is 28.8. The highest BCUT2D eigenvalue weighted by Gasteiger charge is 2.40. The molecule has 3 rings (SSSR count). The molecule has 0 aromatic heterocycles. The first-order valence-corrected chi connectivity index (χ1v) is 9.28. The van der Waals surface area contributed by atoms with Gasteiger partial charge in [0, 0.05) is 18.6 Å². The molecule has 24 heavy (non-hydrogen) atoms. The number of nitrogens with two attached hydrogens (primary N) is 1. The monoisotopic (exact) mass is 332 g/mol. The number of amides is 1. The molecule has 1 heterocycles. The van der Waals surface area contributed by atoms with Crippen LogP contribution in [0.15, 0.2) is 24.3 Å². The van der Waals surface area contributed by atoms with Crippen molar-refractivity contribution in [2.75, 3.05) is 13.1 Å². The van der Waals surface area contributed by atoms with Crippen molar-refractivity contribution in [3.8, 4) is 0 Å². The molecule has 2 unspecified atom stereocenters. The first-order chi connectivity index (χ1) is 11.5. The molecule has 1 aromatic carbocycles. The van der Waals surface area contributed by atoms with Gasteiger partial charge in [0.1, 0.15) is 5.82 Å². The molecule has 4 heteroatoms. The molecule has 132 valence electrons. The van der Waals surface area contributed by atoms with Gasteiger partial charge in [0.15, 0.2) is 0 Å². The largest absolute Gasteiger partial charge is 0.342 e. The van der Waals surface area contributed by atoms with Crippen LogP contribution in [0.4, 0.5) is 4.39 Å². The molecule has 2 atom stereocenters. The van der Waals surface area contributed by atoms with E-state index in [0.717, 1.165) is 63.6 Å². The van der Waals surface area contributed by atoms with Crippen LogP contribution >= 0.6 is 0 Å². The van der Waals surface area contributed by atoms with Crippen LogP contribution in [0.5, 0.6) is 0 Å². The van der Waals surface area contributed by atoms with Crippen molar-refractivity contribution in [3.63, 3.8) is 0 Å². The fourth-order valence-electron chi connectivity index (χ4n) is 4.34. The topological polar surface area (TPSA) is 46.3 Å². The van der Waals surface area contributed by atoms with E-state index in [1.807, 2.05) is 17.9 Å². The van der Waals surface area contributed by atoms with Crippen molar-refractivity contribution in [1.29, 1.82) is 0 Å². The van der Waals surface area contributed by atoms with Crippen LogP contribution in [0.25, 0.3) is 0 Å². The fraction of sp³-hybridized carbons (Fsp3) is 0.650. The van der Waals surface area contributed by atoms with Crippen LogP contribution < -0.4 is 5.73 Å². The molecule has 2 fully saturated rings. The Morgan fingerprint density at radius 2 is 2.04 bits per heavy atom. The Bertz CT molecular complexity index is 579. The Labute approximate surface area is 144 Å². The van der Waals surface area contributed by atoms with Gasteiger partial charge in [-0.25, -0.2) is 4.39 Å². The molecular formula is C20H29FN2O. The lowest BCUT2D eigenvalue weighted by Crippen LogP contribution is -2.54.